The lowest BCUT2D eigenvalue weighted by Gasteiger charge is -2.19. The number of carbonyl (C=O) groups excluding carboxylic acids is 1. The number of benzene rings is 2. The molecular formula is C18H21BrN3O3+. The van der Waals surface area contributed by atoms with Crippen molar-refractivity contribution in [3.05, 3.63) is 68.7 Å². The van der Waals surface area contributed by atoms with E-state index in [9.17, 15) is 14.9 Å². The number of quaternary nitrogens is 1. The maximum atomic E-state index is 12.5. The maximum absolute atomic E-state index is 12.5. The Bertz CT molecular complexity index is 749. The molecule has 0 unspecified atom stereocenters. The normalized spacial score (nSPS) is 13.1. The highest BCUT2D eigenvalue weighted by molar-refractivity contribution is 9.10. The SMILES string of the molecule is CC[C@@H]([NH2+][C@@H](C)C(=O)Nc1ccccc1[N+](=O)[O-])c1ccc(Br)cc1. The second kappa shape index (κ2) is 8.73. The molecule has 7 heteroatoms. The van der Waals surface area contributed by atoms with Crippen molar-refractivity contribution in [3.8, 4) is 0 Å². The van der Waals surface area contributed by atoms with E-state index in [-0.39, 0.29) is 29.4 Å². The Morgan fingerprint density at radius 2 is 1.88 bits per heavy atom. The predicted octanol–water partition coefficient (Wildman–Crippen LogP) is 3.40. The summed E-state index contributed by atoms with van der Waals surface area (Å²) in [7, 11) is 0. The number of hydrogen-bond donors (Lipinski definition) is 2. The lowest BCUT2D eigenvalue weighted by atomic mass is 10.0. The first-order valence-electron chi connectivity index (χ1n) is 8.07. The molecule has 0 saturated carbocycles. The number of amides is 1. The average Bonchev–Trinajstić information content (AvgIpc) is 2.60. The van der Waals surface area contributed by atoms with E-state index in [1.165, 1.54) is 12.1 Å². The molecule has 0 heterocycles. The fourth-order valence-electron chi connectivity index (χ4n) is 2.61. The molecule has 2 aromatic carbocycles. The van der Waals surface area contributed by atoms with Crippen LogP contribution in [0, 0.1) is 10.1 Å². The summed E-state index contributed by atoms with van der Waals surface area (Å²) in [6.07, 6.45) is 0.866. The summed E-state index contributed by atoms with van der Waals surface area (Å²) in [6, 6.07) is 13.9. The number of anilines is 1. The molecule has 0 fully saturated rings. The van der Waals surface area contributed by atoms with Gasteiger partial charge in [-0.05, 0) is 25.1 Å². The van der Waals surface area contributed by atoms with Gasteiger partial charge < -0.3 is 10.6 Å². The Kier molecular flexibility index (Phi) is 6.66. The number of para-hydroxylation sites is 2. The smallest absolute Gasteiger partial charge is 0.292 e. The van der Waals surface area contributed by atoms with E-state index in [1.54, 1.807) is 19.1 Å². The van der Waals surface area contributed by atoms with Crippen LogP contribution in [0.4, 0.5) is 11.4 Å². The van der Waals surface area contributed by atoms with Gasteiger partial charge in [0.1, 0.15) is 11.7 Å². The van der Waals surface area contributed by atoms with Gasteiger partial charge in [0.15, 0.2) is 6.04 Å². The van der Waals surface area contributed by atoms with Crippen LogP contribution in [0.25, 0.3) is 0 Å². The standard InChI is InChI=1S/C18H20BrN3O3/c1-3-15(13-8-10-14(19)11-9-13)20-12(2)18(23)21-16-6-4-5-7-17(16)22(24)25/h4-12,15,20H,3H2,1-2H3,(H,21,23)/p+1/t12-,15+/m0/s1. The highest BCUT2D eigenvalue weighted by atomic mass is 79.9. The molecule has 0 aliphatic rings. The quantitative estimate of drug-likeness (QED) is 0.545. The van der Waals surface area contributed by atoms with Gasteiger partial charge in [0.2, 0.25) is 0 Å². The number of hydrogen-bond acceptors (Lipinski definition) is 3. The highest BCUT2D eigenvalue weighted by Gasteiger charge is 2.24. The van der Waals surface area contributed by atoms with Crippen LogP contribution in [-0.4, -0.2) is 16.9 Å². The van der Waals surface area contributed by atoms with E-state index in [0.29, 0.717) is 0 Å². The fraction of sp³-hybridized carbons (Fsp3) is 0.278. The molecule has 1 amide bonds. The first-order chi connectivity index (χ1) is 11.9. The number of nitrogens with two attached hydrogens (primary N) is 1. The summed E-state index contributed by atoms with van der Waals surface area (Å²) < 4.78 is 1.01. The third-order valence-electron chi connectivity index (χ3n) is 4.03. The second-order valence-electron chi connectivity index (χ2n) is 5.81. The minimum Gasteiger partial charge on any atom is -0.330 e. The maximum Gasteiger partial charge on any atom is 0.292 e. The van der Waals surface area contributed by atoms with Crippen LogP contribution in [-0.2, 0) is 4.79 Å². The molecule has 2 rings (SSSR count). The van der Waals surface area contributed by atoms with Crippen molar-refractivity contribution < 1.29 is 15.0 Å². The minimum atomic E-state index is -0.499. The Hall–Kier alpha value is -2.25. The number of halogens is 1. The Balaban J connectivity index is 2.07. The Morgan fingerprint density at radius 1 is 1.24 bits per heavy atom. The van der Waals surface area contributed by atoms with Crippen LogP contribution < -0.4 is 10.6 Å². The van der Waals surface area contributed by atoms with E-state index < -0.39 is 4.92 Å². The Labute approximate surface area is 154 Å². The summed E-state index contributed by atoms with van der Waals surface area (Å²) in [5, 5.41) is 15.7. The molecule has 0 bridgehead atoms. The summed E-state index contributed by atoms with van der Waals surface area (Å²) in [5.41, 5.74) is 1.24. The average molecular weight is 407 g/mol. The van der Waals surface area contributed by atoms with Gasteiger partial charge in [-0.2, -0.15) is 0 Å². The summed E-state index contributed by atoms with van der Waals surface area (Å²) in [6.45, 7) is 3.86. The molecule has 0 aliphatic heterocycles. The lowest BCUT2D eigenvalue weighted by Crippen LogP contribution is -2.92. The first-order valence-corrected chi connectivity index (χ1v) is 8.86. The Morgan fingerprint density at radius 3 is 2.48 bits per heavy atom. The predicted molar refractivity (Wildman–Crippen MR) is 100 cm³/mol. The highest BCUT2D eigenvalue weighted by Crippen LogP contribution is 2.23. The van der Waals surface area contributed by atoms with Crippen molar-refractivity contribution in [2.75, 3.05) is 5.32 Å². The molecule has 2 atom stereocenters. The minimum absolute atomic E-state index is 0.108. The van der Waals surface area contributed by atoms with Crippen LogP contribution in [0.2, 0.25) is 0 Å². The van der Waals surface area contributed by atoms with Gasteiger partial charge in [0.25, 0.3) is 11.6 Å². The van der Waals surface area contributed by atoms with E-state index in [0.717, 1.165) is 16.5 Å². The van der Waals surface area contributed by atoms with Gasteiger partial charge in [-0.15, -0.1) is 0 Å². The third-order valence-corrected chi connectivity index (χ3v) is 4.56. The van der Waals surface area contributed by atoms with Gasteiger partial charge in [-0.1, -0.05) is 47.1 Å². The molecule has 3 N–H and O–H groups in total. The largest absolute Gasteiger partial charge is 0.330 e. The van der Waals surface area contributed by atoms with Crippen molar-refractivity contribution >= 4 is 33.2 Å². The van der Waals surface area contributed by atoms with Crippen LogP contribution in [0.15, 0.2) is 53.0 Å². The zero-order valence-corrected chi connectivity index (χ0v) is 15.7. The fourth-order valence-corrected chi connectivity index (χ4v) is 2.88. The van der Waals surface area contributed by atoms with Crippen molar-refractivity contribution in [2.24, 2.45) is 0 Å². The second-order valence-corrected chi connectivity index (χ2v) is 6.73. The number of rotatable bonds is 7. The molecular weight excluding hydrogens is 386 g/mol. The van der Waals surface area contributed by atoms with E-state index >= 15 is 0 Å². The van der Waals surface area contributed by atoms with E-state index in [2.05, 4.69) is 28.2 Å². The molecule has 6 nitrogen and oxygen atoms in total. The van der Waals surface area contributed by atoms with Crippen LogP contribution >= 0.6 is 15.9 Å². The summed E-state index contributed by atoms with van der Waals surface area (Å²) >= 11 is 3.42. The topological polar surface area (TPSA) is 88.8 Å². The van der Waals surface area contributed by atoms with Gasteiger partial charge in [-0.3, -0.25) is 14.9 Å². The first kappa shape index (κ1) is 19.1. The van der Waals surface area contributed by atoms with Gasteiger partial charge in [0.05, 0.1) is 4.92 Å². The van der Waals surface area contributed by atoms with Crippen LogP contribution in [0.3, 0.4) is 0 Å². The van der Waals surface area contributed by atoms with Gasteiger partial charge in [-0.25, -0.2) is 0 Å². The molecule has 0 saturated heterocycles. The summed E-state index contributed by atoms with van der Waals surface area (Å²) in [4.78, 5) is 23.0. The van der Waals surface area contributed by atoms with Crippen molar-refractivity contribution in [1.82, 2.24) is 0 Å². The number of nitro benzene ring substituents is 1. The number of carbonyl (C=O) groups is 1. The van der Waals surface area contributed by atoms with Crippen LogP contribution in [0.1, 0.15) is 31.9 Å². The molecule has 0 radical (unpaired) electrons. The summed E-state index contributed by atoms with van der Waals surface area (Å²) in [5.74, 6) is -0.259. The van der Waals surface area contributed by atoms with Gasteiger partial charge >= 0.3 is 0 Å². The van der Waals surface area contributed by atoms with E-state index in [4.69, 9.17) is 0 Å². The molecule has 2 aromatic rings. The monoisotopic (exact) mass is 406 g/mol. The van der Waals surface area contributed by atoms with Crippen molar-refractivity contribution in [2.45, 2.75) is 32.4 Å². The van der Waals surface area contributed by atoms with Crippen molar-refractivity contribution in [3.63, 3.8) is 0 Å². The molecule has 132 valence electrons. The third kappa shape index (κ3) is 5.11. The van der Waals surface area contributed by atoms with Crippen molar-refractivity contribution in [1.29, 1.82) is 0 Å². The number of nitrogens with one attached hydrogen (secondary N) is 1. The number of nitro groups is 1. The molecule has 25 heavy (non-hydrogen) atoms. The molecule has 0 aliphatic carbocycles. The zero-order valence-electron chi connectivity index (χ0n) is 14.1. The molecule has 0 spiro atoms. The lowest BCUT2D eigenvalue weighted by molar-refractivity contribution is -0.713. The molecule has 0 aromatic heterocycles. The number of nitrogens with zero attached hydrogens (tertiary/aromatic N) is 1. The van der Waals surface area contributed by atoms with Gasteiger partial charge in [0, 0.05) is 22.5 Å². The zero-order chi connectivity index (χ0) is 18.4. The van der Waals surface area contributed by atoms with Crippen LogP contribution in [0.5, 0.6) is 0 Å². The van der Waals surface area contributed by atoms with E-state index in [1.807, 2.05) is 29.6 Å².